The van der Waals surface area contributed by atoms with Gasteiger partial charge < -0.3 is 4.74 Å². The molecule has 0 spiro atoms. The summed E-state index contributed by atoms with van der Waals surface area (Å²) in [5.74, 6) is 0.732. The quantitative estimate of drug-likeness (QED) is 0.625. The molecule has 12 heavy (non-hydrogen) atoms. The van der Waals surface area contributed by atoms with Crippen LogP contribution in [0.15, 0.2) is 0 Å². The van der Waals surface area contributed by atoms with Crippen LogP contribution in [0.2, 0.25) is 0 Å². The summed E-state index contributed by atoms with van der Waals surface area (Å²) in [5.41, 5.74) is 0. The van der Waals surface area contributed by atoms with Crippen LogP contribution in [0, 0.1) is 11.8 Å². The van der Waals surface area contributed by atoms with Crippen molar-refractivity contribution in [2.45, 2.75) is 52.5 Å². The van der Waals surface area contributed by atoms with E-state index in [-0.39, 0.29) is 12.2 Å². The molecule has 3 atom stereocenters. The second-order valence-electron chi connectivity index (χ2n) is 4.38. The SMILES string of the molecule is CC(C)[C@H]1O[C@@H](C(C)C)C[C@H]1F. The van der Waals surface area contributed by atoms with Crippen LogP contribution in [-0.4, -0.2) is 18.4 Å². The summed E-state index contributed by atoms with van der Waals surface area (Å²) in [6.07, 6.45) is -0.206. The fourth-order valence-corrected chi connectivity index (χ4v) is 1.70. The highest BCUT2D eigenvalue weighted by Crippen LogP contribution is 2.31. The smallest absolute Gasteiger partial charge is 0.129 e. The number of ether oxygens (including phenoxy) is 1. The molecule has 0 amide bonds. The first-order valence-electron chi connectivity index (χ1n) is 4.82. The zero-order valence-corrected chi connectivity index (χ0v) is 8.38. The summed E-state index contributed by atoms with van der Waals surface area (Å²) >= 11 is 0. The minimum absolute atomic E-state index is 0.132. The molecule has 0 radical (unpaired) electrons. The van der Waals surface area contributed by atoms with Crippen molar-refractivity contribution >= 4 is 0 Å². The van der Waals surface area contributed by atoms with E-state index in [1.54, 1.807) is 0 Å². The molecule has 72 valence electrons. The van der Waals surface area contributed by atoms with Gasteiger partial charge in [-0.05, 0) is 11.8 Å². The fraction of sp³-hybridized carbons (Fsp3) is 1.00. The molecule has 0 aromatic carbocycles. The average Bonchev–Trinajstić information content (AvgIpc) is 2.30. The second-order valence-corrected chi connectivity index (χ2v) is 4.38. The number of hydrogen-bond acceptors (Lipinski definition) is 1. The van der Waals surface area contributed by atoms with Gasteiger partial charge in [-0.2, -0.15) is 0 Å². The molecule has 0 unspecified atom stereocenters. The predicted molar refractivity (Wildman–Crippen MR) is 47.9 cm³/mol. The van der Waals surface area contributed by atoms with Gasteiger partial charge in [-0.25, -0.2) is 4.39 Å². The molecule has 0 aromatic heterocycles. The van der Waals surface area contributed by atoms with E-state index >= 15 is 0 Å². The van der Waals surface area contributed by atoms with Gasteiger partial charge in [-0.15, -0.1) is 0 Å². The van der Waals surface area contributed by atoms with Gasteiger partial charge in [-0.1, -0.05) is 27.7 Å². The van der Waals surface area contributed by atoms with Crippen molar-refractivity contribution in [3.63, 3.8) is 0 Å². The van der Waals surface area contributed by atoms with E-state index in [9.17, 15) is 4.39 Å². The third-order valence-electron chi connectivity index (χ3n) is 2.55. The lowest BCUT2D eigenvalue weighted by Crippen LogP contribution is -2.24. The van der Waals surface area contributed by atoms with Crippen molar-refractivity contribution < 1.29 is 9.13 Å². The maximum Gasteiger partial charge on any atom is 0.129 e. The van der Waals surface area contributed by atoms with Crippen LogP contribution in [0.3, 0.4) is 0 Å². The summed E-state index contributed by atoms with van der Waals surface area (Å²) in [4.78, 5) is 0. The third kappa shape index (κ3) is 1.98. The zero-order valence-electron chi connectivity index (χ0n) is 8.38. The van der Waals surface area contributed by atoms with Crippen molar-refractivity contribution in [2.75, 3.05) is 0 Å². The molecular weight excluding hydrogens is 155 g/mol. The topological polar surface area (TPSA) is 9.23 Å². The lowest BCUT2D eigenvalue weighted by atomic mass is 9.99. The number of hydrogen-bond donors (Lipinski definition) is 0. The molecule has 1 saturated heterocycles. The van der Waals surface area contributed by atoms with Crippen LogP contribution >= 0.6 is 0 Å². The Morgan fingerprint density at radius 3 is 2.00 bits per heavy atom. The summed E-state index contributed by atoms with van der Waals surface area (Å²) < 4.78 is 18.9. The Bertz CT molecular complexity index is 145. The molecule has 0 saturated carbocycles. The highest BCUT2D eigenvalue weighted by molar-refractivity contribution is 4.85. The molecule has 1 nitrogen and oxygen atoms in total. The van der Waals surface area contributed by atoms with Crippen molar-refractivity contribution in [1.82, 2.24) is 0 Å². The average molecular weight is 174 g/mol. The minimum atomic E-state index is -0.752. The van der Waals surface area contributed by atoms with Crippen LogP contribution in [0.5, 0.6) is 0 Å². The summed E-state index contributed by atoms with van der Waals surface area (Å²) in [6, 6.07) is 0. The van der Waals surface area contributed by atoms with Gasteiger partial charge in [0.15, 0.2) is 0 Å². The van der Waals surface area contributed by atoms with Gasteiger partial charge in [0.1, 0.15) is 6.17 Å². The molecule has 0 aliphatic carbocycles. The van der Waals surface area contributed by atoms with Gasteiger partial charge in [-0.3, -0.25) is 0 Å². The standard InChI is InChI=1S/C10H19FO/c1-6(2)9-5-8(11)10(12-9)7(3)4/h6-10H,5H2,1-4H3/t8-,9-,10-/m1/s1. The molecule has 2 heteroatoms. The number of rotatable bonds is 2. The van der Waals surface area contributed by atoms with Crippen LogP contribution in [0.1, 0.15) is 34.1 Å². The van der Waals surface area contributed by atoms with E-state index in [0.717, 1.165) is 0 Å². The molecule has 1 rings (SSSR count). The molecule has 1 fully saturated rings. The van der Waals surface area contributed by atoms with Crippen LogP contribution < -0.4 is 0 Å². The van der Waals surface area contributed by atoms with Gasteiger partial charge in [0.2, 0.25) is 0 Å². The summed E-state index contributed by atoms with van der Waals surface area (Å²) in [7, 11) is 0. The van der Waals surface area contributed by atoms with Crippen LogP contribution in [0.4, 0.5) is 4.39 Å². The Labute approximate surface area is 74.3 Å². The molecule has 0 N–H and O–H groups in total. The first-order chi connectivity index (χ1) is 5.52. The van der Waals surface area contributed by atoms with Crippen molar-refractivity contribution in [3.05, 3.63) is 0 Å². The number of halogens is 1. The van der Waals surface area contributed by atoms with E-state index in [4.69, 9.17) is 4.74 Å². The largest absolute Gasteiger partial charge is 0.371 e. The van der Waals surface area contributed by atoms with E-state index in [1.165, 1.54) is 0 Å². The van der Waals surface area contributed by atoms with Crippen LogP contribution in [0.25, 0.3) is 0 Å². The van der Waals surface area contributed by atoms with Crippen molar-refractivity contribution in [1.29, 1.82) is 0 Å². The normalized spacial score (nSPS) is 36.8. The lowest BCUT2D eigenvalue weighted by Gasteiger charge is -2.18. The van der Waals surface area contributed by atoms with Crippen LogP contribution in [-0.2, 0) is 4.74 Å². The maximum atomic E-state index is 13.3. The molecular formula is C10H19FO. The van der Waals surface area contributed by atoms with Gasteiger partial charge in [0.25, 0.3) is 0 Å². The Balaban J connectivity index is 2.50. The van der Waals surface area contributed by atoms with Crippen molar-refractivity contribution in [2.24, 2.45) is 11.8 Å². The first-order valence-corrected chi connectivity index (χ1v) is 4.82. The van der Waals surface area contributed by atoms with Gasteiger partial charge in [0, 0.05) is 6.42 Å². The lowest BCUT2D eigenvalue weighted by molar-refractivity contribution is -0.0160. The molecule has 1 heterocycles. The monoisotopic (exact) mass is 174 g/mol. The second kappa shape index (κ2) is 3.73. The van der Waals surface area contributed by atoms with Gasteiger partial charge in [0.05, 0.1) is 12.2 Å². The third-order valence-corrected chi connectivity index (χ3v) is 2.55. The fourth-order valence-electron chi connectivity index (χ4n) is 1.70. The van der Waals surface area contributed by atoms with E-state index in [0.29, 0.717) is 18.3 Å². The highest BCUT2D eigenvalue weighted by atomic mass is 19.1. The molecule has 1 aliphatic rings. The van der Waals surface area contributed by atoms with E-state index in [2.05, 4.69) is 13.8 Å². The summed E-state index contributed by atoms with van der Waals surface area (Å²) in [6.45, 7) is 8.19. The minimum Gasteiger partial charge on any atom is -0.371 e. The maximum absolute atomic E-state index is 13.3. The Kier molecular flexibility index (Phi) is 3.10. The summed E-state index contributed by atoms with van der Waals surface area (Å²) in [5, 5.41) is 0. The zero-order chi connectivity index (χ0) is 9.30. The Hall–Kier alpha value is -0.110. The Morgan fingerprint density at radius 1 is 1.17 bits per heavy atom. The van der Waals surface area contributed by atoms with Gasteiger partial charge >= 0.3 is 0 Å². The van der Waals surface area contributed by atoms with E-state index in [1.807, 2.05) is 13.8 Å². The highest BCUT2D eigenvalue weighted by Gasteiger charge is 2.38. The Morgan fingerprint density at radius 2 is 1.75 bits per heavy atom. The molecule has 1 aliphatic heterocycles. The van der Waals surface area contributed by atoms with E-state index < -0.39 is 6.17 Å². The number of alkyl halides is 1. The predicted octanol–water partition coefficient (Wildman–Crippen LogP) is 2.79. The molecule has 0 aromatic rings. The molecule has 0 bridgehead atoms. The first kappa shape index (κ1) is 9.97. The van der Waals surface area contributed by atoms with Crippen molar-refractivity contribution in [3.8, 4) is 0 Å².